The van der Waals surface area contributed by atoms with Gasteiger partial charge in [-0.1, -0.05) is 11.6 Å². The number of rotatable bonds is 5. The predicted molar refractivity (Wildman–Crippen MR) is 99.2 cm³/mol. The molecular weight excluding hydrogens is 390 g/mol. The second kappa shape index (κ2) is 7.49. The smallest absolute Gasteiger partial charge is 0.251 e. The summed E-state index contributed by atoms with van der Waals surface area (Å²) < 4.78 is 39.9. The summed E-state index contributed by atoms with van der Waals surface area (Å²) in [6.45, 7) is 0.200. The number of aromatic nitrogens is 4. The summed E-state index contributed by atoms with van der Waals surface area (Å²) >= 11 is 5.79. The Morgan fingerprint density at radius 2 is 1.86 bits per heavy atom. The van der Waals surface area contributed by atoms with Gasteiger partial charge >= 0.3 is 0 Å². The number of halogens is 3. The lowest BCUT2D eigenvalue weighted by Crippen LogP contribution is -2.02. The van der Waals surface area contributed by atoms with Gasteiger partial charge in [0.1, 0.15) is 12.5 Å². The molecule has 0 spiro atoms. The molecule has 0 N–H and O–H groups in total. The Bertz CT molecular complexity index is 1150. The number of methoxy groups -OCH3 is 1. The fourth-order valence-corrected chi connectivity index (χ4v) is 2.77. The molecule has 142 valence electrons. The Morgan fingerprint density at radius 1 is 1.07 bits per heavy atom. The molecule has 0 aliphatic carbocycles. The van der Waals surface area contributed by atoms with Gasteiger partial charge in [0.15, 0.2) is 28.6 Å². The molecule has 0 atom stereocenters. The van der Waals surface area contributed by atoms with Crippen molar-refractivity contribution in [2.75, 3.05) is 7.11 Å². The van der Waals surface area contributed by atoms with Crippen molar-refractivity contribution in [3.8, 4) is 23.0 Å². The minimum Gasteiger partial charge on any atom is -0.434 e. The highest BCUT2D eigenvalue weighted by atomic mass is 35.5. The second-order valence-electron chi connectivity index (χ2n) is 5.84. The van der Waals surface area contributed by atoms with Crippen LogP contribution in [0.3, 0.4) is 0 Å². The second-order valence-corrected chi connectivity index (χ2v) is 6.28. The quantitative estimate of drug-likeness (QED) is 0.479. The molecule has 6 nitrogen and oxygen atoms in total. The van der Waals surface area contributed by atoms with Gasteiger partial charge in [-0.05, 0) is 42.5 Å². The summed E-state index contributed by atoms with van der Waals surface area (Å²) in [5.41, 5.74) is 1.33. The molecular formula is C19H13ClF2N4O2. The van der Waals surface area contributed by atoms with Gasteiger partial charge in [-0.2, -0.15) is 4.98 Å². The van der Waals surface area contributed by atoms with E-state index in [1.54, 1.807) is 16.7 Å². The minimum absolute atomic E-state index is 0.0559. The molecule has 9 heteroatoms. The Balaban J connectivity index is 1.86. The van der Waals surface area contributed by atoms with Crippen molar-refractivity contribution < 1.29 is 18.3 Å². The number of imidazole rings is 1. The van der Waals surface area contributed by atoms with E-state index >= 15 is 0 Å². The van der Waals surface area contributed by atoms with Crippen LogP contribution in [0, 0.1) is 11.6 Å². The van der Waals surface area contributed by atoms with Gasteiger partial charge in [0.2, 0.25) is 0 Å². The van der Waals surface area contributed by atoms with Crippen molar-refractivity contribution in [2.45, 2.75) is 6.73 Å². The molecule has 0 aliphatic heterocycles. The highest BCUT2D eigenvalue weighted by Gasteiger charge is 2.18. The van der Waals surface area contributed by atoms with Crippen LogP contribution in [0.4, 0.5) is 8.78 Å². The molecule has 0 unspecified atom stereocenters. The first-order valence-electron chi connectivity index (χ1n) is 8.16. The van der Waals surface area contributed by atoms with Crippen LogP contribution in [-0.4, -0.2) is 26.6 Å². The van der Waals surface area contributed by atoms with E-state index in [1.807, 2.05) is 0 Å². The van der Waals surface area contributed by atoms with Crippen LogP contribution in [0.5, 0.6) is 11.6 Å². The fourth-order valence-electron chi connectivity index (χ4n) is 2.61. The zero-order chi connectivity index (χ0) is 19.7. The molecule has 28 heavy (non-hydrogen) atoms. The predicted octanol–water partition coefficient (Wildman–Crippen LogP) is 4.82. The van der Waals surface area contributed by atoms with Crippen molar-refractivity contribution >= 4 is 22.8 Å². The maximum absolute atomic E-state index is 14.2. The molecule has 4 rings (SSSR count). The summed E-state index contributed by atoms with van der Waals surface area (Å²) in [6.07, 6.45) is 1.52. The van der Waals surface area contributed by atoms with Crippen LogP contribution >= 0.6 is 11.6 Å². The molecule has 0 radical (unpaired) electrons. The zero-order valence-corrected chi connectivity index (χ0v) is 15.3. The van der Waals surface area contributed by atoms with E-state index in [0.29, 0.717) is 16.7 Å². The molecule has 2 heterocycles. The van der Waals surface area contributed by atoms with Gasteiger partial charge in [0.05, 0.1) is 6.33 Å². The standard InChI is InChI=1S/C19H13ClF2N4O2/c1-27-10-26-9-23-16-18(26)24-17(11-2-5-13(21)6-3-11)25-19(16)28-15-7-4-12(20)8-14(15)22/h2-9H,10H2,1H3. The van der Waals surface area contributed by atoms with Crippen molar-refractivity contribution in [1.29, 1.82) is 0 Å². The Kier molecular flexibility index (Phi) is 4.89. The lowest BCUT2D eigenvalue weighted by Gasteiger charge is -2.09. The fraction of sp³-hybridized carbons (Fsp3) is 0.105. The van der Waals surface area contributed by atoms with Gasteiger partial charge in [-0.3, -0.25) is 4.57 Å². The van der Waals surface area contributed by atoms with Crippen molar-refractivity contribution in [1.82, 2.24) is 19.5 Å². The molecule has 4 aromatic rings. The van der Waals surface area contributed by atoms with E-state index in [0.717, 1.165) is 6.07 Å². The number of hydrogen-bond acceptors (Lipinski definition) is 5. The molecule has 0 bridgehead atoms. The van der Waals surface area contributed by atoms with E-state index in [1.165, 1.54) is 37.7 Å². The Morgan fingerprint density at radius 3 is 2.57 bits per heavy atom. The minimum atomic E-state index is -0.640. The average Bonchev–Trinajstić information content (AvgIpc) is 3.08. The number of hydrogen-bond donors (Lipinski definition) is 0. The number of ether oxygens (including phenoxy) is 2. The van der Waals surface area contributed by atoms with E-state index in [4.69, 9.17) is 21.1 Å². The van der Waals surface area contributed by atoms with Crippen LogP contribution < -0.4 is 4.74 Å². The SMILES string of the molecule is COCn1cnc2c(Oc3ccc(Cl)cc3F)nc(-c3ccc(F)cc3)nc21. The molecule has 2 aromatic heterocycles. The summed E-state index contributed by atoms with van der Waals surface area (Å²) in [4.78, 5) is 13.1. The van der Waals surface area contributed by atoms with Crippen LogP contribution in [-0.2, 0) is 11.5 Å². The lowest BCUT2D eigenvalue weighted by molar-refractivity contribution is 0.134. The Hall–Kier alpha value is -3.10. The van der Waals surface area contributed by atoms with Gasteiger partial charge in [-0.25, -0.2) is 18.7 Å². The van der Waals surface area contributed by atoms with Crippen LogP contribution in [0.15, 0.2) is 48.8 Å². The van der Waals surface area contributed by atoms with Crippen LogP contribution in [0.1, 0.15) is 0 Å². The van der Waals surface area contributed by atoms with E-state index in [2.05, 4.69) is 15.0 Å². The van der Waals surface area contributed by atoms with Crippen LogP contribution in [0.2, 0.25) is 5.02 Å². The molecule has 0 saturated heterocycles. The van der Waals surface area contributed by atoms with Gasteiger partial charge in [0, 0.05) is 17.7 Å². The largest absolute Gasteiger partial charge is 0.434 e. The summed E-state index contributed by atoms with van der Waals surface area (Å²) in [5.74, 6) is -0.751. The van der Waals surface area contributed by atoms with E-state index in [-0.39, 0.29) is 35.0 Å². The zero-order valence-electron chi connectivity index (χ0n) is 14.6. The third-order valence-electron chi connectivity index (χ3n) is 3.90. The van der Waals surface area contributed by atoms with Crippen molar-refractivity contribution in [3.63, 3.8) is 0 Å². The molecule has 2 aromatic carbocycles. The first-order valence-corrected chi connectivity index (χ1v) is 8.53. The number of nitrogens with zero attached hydrogens (tertiary/aromatic N) is 4. The maximum atomic E-state index is 14.2. The average molecular weight is 403 g/mol. The normalized spacial score (nSPS) is 11.1. The monoisotopic (exact) mass is 402 g/mol. The highest BCUT2D eigenvalue weighted by Crippen LogP contribution is 2.31. The molecule has 0 saturated carbocycles. The lowest BCUT2D eigenvalue weighted by atomic mass is 10.2. The first-order chi connectivity index (χ1) is 13.5. The van der Waals surface area contributed by atoms with Gasteiger partial charge < -0.3 is 9.47 Å². The summed E-state index contributed by atoms with van der Waals surface area (Å²) in [5, 5.41) is 0.244. The summed E-state index contributed by atoms with van der Waals surface area (Å²) in [7, 11) is 1.54. The van der Waals surface area contributed by atoms with Crippen molar-refractivity contribution in [2.24, 2.45) is 0 Å². The molecule has 0 fully saturated rings. The van der Waals surface area contributed by atoms with Crippen LogP contribution in [0.25, 0.3) is 22.6 Å². The maximum Gasteiger partial charge on any atom is 0.251 e. The topological polar surface area (TPSA) is 62.1 Å². The van der Waals surface area contributed by atoms with Crippen molar-refractivity contribution in [3.05, 3.63) is 65.4 Å². The third kappa shape index (κ3) is 3.51. The first kappa shape index (κ1) is 18.3. The number of fused-ring (bicyclic) bond motifs is 1. The van der Waals surface area contributed by atoms with E-state index in [9.17, 15) is 8.78 Å². The highest BCUT2D eigenvalue weighted by molar-refractivity contribution is 6.30. The summed E-state index contributed by atoms with van der Waals surface area (Å²) in [6, 6.07) is 9.72. The van der Waals surface area contributed by atoms with E-state index < -0.39 is 5.82 Å². The molecule has 0 aliphatic rings. The van der Waals surface area contributed by atoms with Gasteiger partial charge in [-0.15, -0.1) is 0 Å². The van der Waals surface area contributed by atoms with Gasteiger partial charge in [0.25, 0.3) is 5.88 Å². The number of benzene rings is 2. The molecule has 0 amide bonds. The third-order valence-corrected chi connectivity index (χ3v) is 4.14. The Labute approximate surface area is 163 Å².